The highest BCUT2D eigenvalue weighted by Gasteiger charge is 2.32. The molecule has 98 valence electrons. The lowest BCUT2D eigenvalue weighted by Gasteiger charge is -2.39. The van der Waals surface area contributed by atoms with E-state index >= 15 is 0 Å². The lowest BCUT2D eigenvalue weighted by Crippen LogP contribution is -2.44. The summed E-state index contributed by atoms with van der Waals surface area (Å²) in [6, 6.07) is 0. The number of carbonyl (C=O) groups is 2. The molecular weight excluding hydrogens is 220 g/mol. The number of amides is 1. The first-order valence-corrected chi connectivity index (χ1v) is 6.02. The predicted octanol–water partition coefficient (Wildman–Crippen LogP) is 0.555. The highest BCUT2D eigenvalue weighted by atomic mass is 16.4. The van der Waals surface area contributed by atoms with Gasteiger partial charge in [-0.2, -0.15) is 0 Å². The number of carbonyl (C=O) groups excluding carboxylic acids is 1. The summed E-state index contributed by atoms with van der Waals surface area (Å²) in [5.74, 6) is -1.79. The van der Waals surface area contributed by atoms with Crippen LogP contribution in [0, 0.1) is 11.3 Å². The van der Waals surface area contributed by atoms with Gasteiger partial charge in [-0.15, -0.1) is 0 Å². The molecule has 0 saturated carbocycles. The van der Waals surface area contributed by atoms with Gasteiger partial charge in [0.2, 0.25) is 0 Å². The van der Waals surface area contributed by atoms with Gasteiger partial charge in [-0.1, -0.05) is 13.8 Å². The van der Waals surface area contributed by atoms with Gasteiger partial charge in [-0.05, 0) is 44.3 Å². The molecule has 1 heterocycles. The van der Waals surface area contributed by atoms with Crippen LogP contribution < -0.4 is 5.32 Å². The van der Waals surface area contributed by atoms with Crippen LogP contribution >= 0.6 is 0 Å². The average Bonchev–Trinajstić information content (AvgIpc) is 2.26. The molecule has 1 saturated heterocycles. The molecule has 5 heteroatoms. The number of hydrogen-bond acceptors (Lipinski definition) is 3. The Bertz CT molecular complexity index is 294. The first kappa shape index (κ1) is 14.0. The van der Waals surface area contributed by atoms with E-state index in [2.05, 4.69) is 31.1 Å². The largest absolute Gasteiger partial charge is 0.474 e. The van der Waals surface area contributed by atoms with Gasteiger partial charge in [-0.3, -0.25) is 4.79 Å². The maximum Gasteiger partial charge on any atom is 0.394 e. The number of piperidine rings is 1. The van der Waals surface area contributed by atoms with Crippen LogP contribution in [0.1, 0.15) is 26.7 Å². The van der Waals surface area contributed by atoms with Gasteiger partial charge in [0.05, 0.1) is 0 Å². The van der Waals surface area contributed by atoms with Crippen molar-refractivity contribution in [1.82, 2.24) is 10.2 Å². The van der Waals surface area contributed by atoms with Crippen molar-refractivity contribution in [2.24, 2.45) is 11.3 Å². The van der Waals surface area contributed by atoms with Crippen LogP contribution in [0.3, 0.4) is 0 Å². The number of nitrogens with zero attached hydrogens (tertiary/aromatic N) is 1. The Kier molecular flexibility index (Phi) is 4.51. The second-order valence-corrected chi connectivity index (χ2v) is 5.55. The minimum atomic E-state index is -1.41. The standard InChI is InChI=1S/C12H22N2O3/c1-12(2,8-13-10(15)11(16)17)9-4-6-14(3)7-5-9/h9H,4-8H2,1-3H3,(H,13,15)(H,16,17). The van der Waals surface area contributed by atoms with E-state index < -0.39 is 11.9 Å². The molecule has 1 rings (SSSR count). The normalized spacial score (nSPS) is 19.0. The monoisotopic (exact) mass is 242 g/mol. The highest BCUT2D eigenvalue weighted by molar-refractivity contribution is 6.31. The molecule has 0 bridgehead atoms. The lowest BCUT2D eigenvalue weighted by atomic mass is 9.73. The summed E-state index contributed by atoms with van der Waals surface area (Å²) in [6.45, 7) is 6.74. The molecule has 5 nitrogen and oxygen atoms in total. The summed E-state index contributed by atoms with van der Waals surface area (Å²) in [5.41, 5.74) is -0.0492. The van der Waals surface area contributed by atoms with E-state index in [4.69, 9.17) is 5.11 Å². The zero-order chi connectivity index (χ0) is 13.1. The van der Waals surface area contributed by atoms with Gasteiger partial charge in [0, 0.05) is 6.54 Å². The molecule has 1 aliphatic rings. The summed E-state index contributed by atoms with van der Waals surface area (Å²) < 4.78 is 0. The fourth-order valence-corrected chi connectivity index (χ4v) is 2.32. The van der Waals surface area contributed by atoms with Crippen molar-refractivity contribution in [2.75, 3.05) is 26.7 Å². The third-order valence-corrected chi connectivity index (χ3v) is 3.72. The molecule has 0 aromatic heterocycles. The molecule has 1 aliphatic heterocycles. The molecule has 1 fully saturated rings. The van der Waals surface area contributed by atoms with E-state index in [0.717, 1.165) is 25.9 Å². The van der Waals surface area contributed by atoms with Crippen LogP contribution in [0.5, 0.6) is 0 Å². The SMILES string of the molecule is CN1CCC(C(C)(C)CNC(=O)C(=O)O)CC1. The Hall–Kier alpha value is -1.10. The molecule has 0 spiro atoms. The minimum Gasteiger partial charge on any atom is -0.474 e. The molecule has 0 aromatic carbocycles. The molecule has 0 unspecified atom stereocenters. The third-order valence-electron chi connectivity index (χ3n) is 3.72. The summed E-state index contributed by atoms with van der Waals surface area (Å²) in [5, 5.41) is 11.0. The maximum atomic E-state index is 11.0. The van der Waals surface area contributed by atoms with Crippen molar-refractivity contribution in [3.8, 4) is 0 Å². The molecule has 17 heavy (non-hydrogen) atoms. The fourth-order valence-electron chi connectivity index (χ4n) is 2.32. The van der Waals surface area contributed by atoms with E-state index in [-0.39, 0.29) is 5.41 Å². The van der Waals surface area contributed by atoms with Crippen molar-refractivity contribution < 1.29 is 14.7 Å². The number of carboxylic acid groups (broad SMARTS) is 1. The van der Waals surface area contributed by atoms with E-state index in [9.17, 15) is 9.59 Å². The zero-order valence-corrected chi connectivity index (χ0v) is 10.8. The van der Waals surface area contributed by atoms with Crippen molar-refractivity contribution in [3.05, 3.63) is 0 Å². The van der Waals surface area contributed by atoms with Crippen LogP contribution in [0.15, 0.2) is 0 Å². The Balaban J connectivity index is 2.45. The lowest BCUT2D eigenvalue weighted by molar-refractivity contribution is -0.150. The van der Waals surface area contributed by atoms with Crippen LogP contribution in [0.2, 0.25) is 0 Å². The zero-order valence-electron chi connectivity index (χ0n) is 10.8. The Labute approximate surface area is 102 Å². The van der Waals surface area contributed by atoms with Gasteiger partial charge < -0.3 is 15.3 Å². The molecule has 0 radical (unpaired) electrons. The van der Waals surface area contributed by atoms with E-state index in [1.54, 1.807) is 0 Å². The van der Waals surface area contributed by atoms with Crippen LogP contribution in [-0.4, -0.2) is 48.6 Å². The number of hydrogen-bond donors (Lipinski definition) is 2. The van der Waals surface area contributed by atoms with E-state index in [1.807, 2.05) is 0 Å². The number of aliphatic carboxylic acids is 1. The molecule has 0 atom stereocenters. The molecular formula is C12H22N2O3. The Morgan fingerprint density at radius 1 is 1.35 bits per heavy atom. The third kappa shape index (κ3) is 4.00. The molecule has 0 aliphatic carbocycles. The smallest absolute Gasteiger partial charge is 0.394 e. The number of likely N-dealkylation sites (tertiary alicyclic amines) is 1. The second kappa shape index (κ2) is 5.49. The van der Waals surface area contributed by atoms with E-state index in [0.29, 0.717) is 12.5 Å². The van der Waals surface area contributed by atoms with Crippen LogP contribution in [0.4, 0.5) is 0 Å². The Morgan fingerprint density at radius 3 is 2.35 bits per heavy atom. The molecule has 1 amide bonds. The van der Waals surface area contributed by atoms with Gasteiger partial charge >= 0.3 is 11.9 Å². The van der Waals surface area contributed by atoms with Gasteiger partial charge in [0.1, 0.15) is 0 Å². The number of carboxylic acids is 1. The average molecular weight is 242 g/mol. The second-order valence-electron chi connectivity index (χ2n) is 5.55. The van der Waals surface area contributed by atoms with Crippen molar-refractivity contribution in [1.29, 1.82) is 0 Å². The fraction of sp³-hybridized carbons (Fsp3) is 0.833. The minimum absolute atomic E-state index is 0.0492. The summed E-state index contributed by atoms with van der Waals surface area (Å²) in [6.07, 6.45) is 2.21. The molecule has 2 N–H and O–H groups in total. The van der Waals surface area contributed by atoms with Crippen LogP contribution in [0.25, 0.3) is 0 Å². The summed E-state index contributed by atoms with van der Waals surface area (Å²) in [4.78, 5) is 23.7. The molecule has 0 aromatic rings. The quantitative estimate of drug-likeness (QED) is 0.709. The summed E-state index contributed by atoms with van der Waals surface area (Å²) in [7, 11) is 2.11. The van der Waals surface area contributed by atoms with E-state index in [1.165, 1.54) is 0 Å². The first-order valence-electron chi connectivity index (χ1n) is 6.02. The van der Waals surface area contributed by atoms with Crippen LogP contribution in [-0.2, 0) is 9.59 Å². The van der Waals surface area contributed by atoms with Gasteiger partial charge in [-0.25, -0.2) is 4.79 Å². The van der Waals surface area contributed by atoms with Crippen molar-refractivity contribution in [3.63, 3.8) is 0 Å². The predicted molar refractivity (Wildman–Crippen MR) is 64.6 cm³/mol. The maximum absolute atomic E-state index is 11.0. The summed E-state index contributed by atoms with van der Waals surface area (Å²) >= 11 is 0. The number of rotatable bonds is 3. The topological polar surface area (TPSA) is 69.6 Å². The number of nitrogens with one attached hydrogen (secondary N) is 1. The first-order chi connectivity index (χ1) is 7.83. The van der Waals surface area contributed by atoms with Crippen molar-refractivity contribution in [2.45, 2.75) is 26.7 Å². The van der Waals surface area contributed by atoms with Gasteiger partial charge in [0.15, 0.2) is 0 Å². The highest BCUT2D eigenvalue weighted by Crippen LogP contribution is 2.34. The van der Waals surface area contributed by atoms with Gasteiger partial charge in [0.25, 0.3) is 0 Å². The van der Waals surface area contributed by atoms with Crippen molar-refractivity contribution >= 4 is 11.9 Å². The Morgan fingerprint density at radius 2 is 1.88 bits per heavy atom.